The van der Waals surface area contributed by atoms with Gasteiger partial charge in [-0.15, -0.1) is 12.4 Å². The van der Waals surface area contributed by atoms with Gasteiger partial charge in [-0.25, -0.2) is 0 Å². The summed E-state index contributed by atoms with van der Waals surface area (Å²) in [6.07, 6.45) is 2.22. The van der Waals surface area contributed by atoms with Crippen LogP contribution in [0.5, 0.6) is 0 Å². The Labute approximate surface area is 56.9 Å². The fourth-order valence-electron chi connectivity index (χ4n) is 0.387. The molecule has 0 radical (unpaired) electrons. The van der Waals surface area contributed by atoms with Crippen LogP contribution in [-0.4, -0.2) is 23.9 Å². The maximum atomic E-state index is 8.52. The van der Waals surface area contributed by atoms with Gasteiger partial charge in [-0.05, 0) is 6.42 Å². The second-order valence-corrected chi connectivity index (χ2v) is 1.73. The van der Waals surface area contributed by atoms with Crippen LogP contribution in [0.1, 0.15) is 19.8 Å². The van der Waals surface area contributed by atoms with Gasteiger partial charge in [-0.2, -0.15) is 5.06 Å². The van der Waals surface area contributed by atoms with Crippen molar-refractivity contribution >= 4 is 12.4 Å². The predicted molar refractivity (Wildman–Crippen MR) is 36.6 cm³/mol. The van der Waals surface area contributed by atoms with Crippen LogP contribution in [0.2, 0.25) is 0 Å². The fraction of sp³-hybridized carbons (Fsp3) is 1.00. The lowest BCUT2D eigenvalue weighted by Crippen LogP contribution is -2.13. The Morgan fingerprint density at radius 1 is 1.50 bits per heavy atom. The topological polar surface area (TPSA) is 23.5 Å². The third-order valence-corrected chi connectivity index (χ3v) is 0.835. The summed E-state index contributed by atoms with van der Waals surface area (Å²) in [5.74, 6) is 0. The van der Waals surface area contributed by atoms with Crippen LogP contribution in [0, 0.1) is 0 Å². The average Bonchev–Trinajstić information content (AvgIpc) is 1.61. The summed E-state index contributed by atoms with van der Waals surface area (Å²) in [5, 5.41) is 9.73. The first-order valence-electron chi connectivity index (χ1n) is 2.67. The summed E-state index contributed by atoms with van der Waals surface area (Å²) < 4.78 is 0. The van der Waals surface area contributed by atoms with Crippen molar-refractivity contribution in [2.75, 3.05) is 13.6 Å². The summed E-state index contributed by atoms with van der Waals surface area (Å²) in [5.41, 5.74) is 0. The molecule has 0 aromatic heterocycles. The van der Waals surface area contributed by atoms with Gasteiger partial charge >= 0.3 is 0 Å². The molecule has 2 nitrogen and oxygen atoms in total. The predicted octanol–water partition coefficient (Wildman–Crippen LogP) is 1.53. The van der Waals surface area contributed by atoms with Crippen molar-refractivity contribution < 1.29 is 5.21 Å². The Morgan fingerprint density at radius 2 is 2.00 bits per heavy atom. The monoisotopic (exact) mass is 139 g/mol. The smallest absolute Gasteiger partial charge is 0.0234 e. The highest BCUT2D eigenvalue weighted by molar-refractivity contribution is 5.85. The van der Waals surface area contributed by atoms with Crippen molar-refractivity contribution in [1.29, 1.82) is 0 Å². The quantitative estimate of drug-likeness (QED) is 0.600. The van der Waals surface area contributed by atoms with Crippen molar-refractivity contribution in [3.63, 3.8) is 0 Å². The lowest BCUT2D eigenvalue weighted by molar-refractivity contribution is -0.0652. The zero-order valence-corrected chi connectivity index (χ0v) is 6.24. The largest absolute Gasteiger partial charge is 0.314 e. The molecule has 0 saturated carbocycles. The minimum atomic E-state index is 0. The van der Waals surface area contributed by atoms with E-state index in [0.29, 0.717) is 0 Å². The molecule has 0 spiro atoms. The molecule has 0 aliphatic carbocycles. The van der Waals surface area contributed by atoms with Crippen molar-refractivity contribution in [3.05, 3.63) is 0 Å². The number of nitrogens with zero attached hydrogens (tertiary/aromatic N) is 1. The molecule has 0 bridgehead atoms. The van der Waals surface area contributed by atoms with Crippen LogP contribution in [-0.2, 0) is 0 Å². The molecule has 0 unspecified atom stereocenters. The van der Waals surface area contributed by atoms with E-state index in [-0.39, 0.29) is 12.4 Å². The Morgan fingerprint density at radius 3 is 2.12 bits per heavy atom. The summed E-state index contributed by atoms with van der Waals surface area (Å²) in [6, 6.07) is 0. The standard InChI is InChI=1S/C5H13NO.ClH/c1-3-4-5-6(2)7;/h7H,3-5H2,1-2H3;1H. The van der Waals surface area contributed by atoms with Gasteiger partial charge in [0.05, 0.1) is 0 Å². The molecule has 0 aliphatic heterocycles. The molecule has 0 aromatic rings. The minimum absolute atomic E-state index is 0. The molecule has 0 aliphatic rings. The summed E-state index contributed by atoms with van der Waals surface area (Å²) >= 11 is 0. The maximum absolute atomic E-state index is 8.52. The van der Waals surface area contributed by atoms with E-state index in [1.807, 2.05) is 0 Å². The summed E-state index contributed by atoms with van der Waals surface area (Å²) in [7, 11) is 1.66. The molecule has 8 heavy (non-hydrogen) atoms. The number of hydroxylamine groups is 2. The Balaban J connectivity index is 0. The number of rotatable bonds is 3. The van der Waals surface area contributed by atoms with E-state index in [2.05, 4.69) is 6.92 Å². The first-order valence-corrected chi connectivity index (χ1v) is 2.67. The third-order valence-electron chi connectivity index (χ3n) is 0.835. The van der Waals surface area contributed by atoms with Crippen molar-refractivity contribution in [3.8, 4) is 0 Å². The van der Waals surface area contributed by atoms with Crippen LogP contribution >= 0.6 is 12.4 Å². The molecular formula is C5H14ClNO. The molecule has 3 heteroatoms. The molecular weight excluding hydrogens is 126 g/mol. The van der Waals surface area contributed by atoms with E-state index in [1.54, 1.807) is 7.05 Å². The van der Waals surface area contributed by atoms with Crippen LogP contribution in [0.15, 0.2) is 0 Å². The minimum Gasteiger partial charge on any atom is -0.314 e. The zero-order chi connectivity index (χ0) is 5.70. The van der Waals surface area contributed by atoms with E-state index in [4.69, 9.17) is 5.21 Å². The average molecular weight is 140 g/mol. The van der Waals surface area contributed by atoms with Gasteiger partial charge in [-0.3, -0.25) is 0 Å². The van der Waals surface area contributed by atoms with Crippen LogP contribution < -0.4 is 0 Å². The van der Waals surface area contributed by atoms with E-state index in [0.717, 1.165) is 19.4 Å². The molecule has 0 rings (SSSR count). The van der Waals surface area contributed by atoms with E-state index >= 15 is 0 Å². The fourth-order valence-corrected chi connectivity index (χ4v) is 0.387. The molecule has 0 amide bonds. The van der Waals surface area contributed by atoms with Gasteiger partial charge in [0.2, 0.25) is 0 Å². The third kappa shape index (κ3) is 9.51. The van der Waals surface area contributed by atoms with Gasteiger partial charge < -0.3 is 5.21 Å². The SMILES string of the molecule is CCCCN(C)O.Cl. The lowest BCUT2D eigenvalue weighted by Gasteiger charge is -2.03. The molecule has 0 atom stereocenters. The van der Waals surface area contributed by atoms with Crippen LogP contribution in [0.25, 0.3) is 0 Å². The van der Waals surface area contributed by atoms with Crippen LogP contribution in [0.3, 0.4) is 0 Å². The number of hydrogen-bond acceptors (Lipinski definition) is 2. The van der Waals surface area contributed by atoms with Gasteiger partial charge in [0, 0.05) is 13.6 Å². The number of hydrogen-bond donors (Lipinski definition) is 1. The maximum Gasteiger partial charge on any atom is 0.0234 e. The van der Waals surface area contributed by atoms with Crippen LogP contribution in [0.4, 0.5) is 0 Å². The Hall–Kier alpha value is 0.210. The highest BCUT2D eigenvalue weighted by Crippen LogP contribution is 1.85. The van der Waals surface area contributed by atoms with E-state index in [1.165, 1.54) is 5.06 Å². The normalized spacial score (nSPS) is 9.00. The van der Waals surface area contributed by atoms with Gasteiger partial charge in [0.15, 0.2) is 0 Å². The Bertz CT molecular complexity index is 41.4. The first kappa shape index (κ1) is 11.1. The zero-order valence-electron chi connectivity index (χ0n) is 5.42. The Kier molecular flexibility index (Phi) is 9.97. The lowest BCUT2D eigenvalue weighted by atomic mass is 10.3. The molecule has 0 aromatic carbocycles. The number of halogens is 1. The van der Waals surface area contributed by atoms with E-state index < -0.39 is 0 Å². The molecule has 0 fully saturated rings. The molecule has 1 N–H and O–H groups in total. The van der Waals surface area contributed by atoms with Crippen molar-refractivity contribution in [2.45, 2.75) is 19.8 Å². The summed E-state index contributed by atoms with van der Waals surface area (Å²) in [4.78, 5) is 0. The number of unbranched alkanes of at least 4 members (excludes halogenated alkanes) is 1. The first-order chi connectivity index (χ1) is 3.27. The molecule has 0 heterocycles. The van der Waals surface area contributed by atoms with Gasteiger partial charge in [-0.1, -0.05) is 13.3 Å². The van der Waals surface area contributed by atoms with Crippen molar-refractivity contribution in [2.24, 2.45) is 0 Å². The second kappa shape index (κ2) is 7.21. The molecule has 0 saturated heterocycles. The van der Waals surface area contributed by atoms with Gasteiger partial charge in [0.1, 0.15) is 0 Å². The summed E-state index contributed by atoms with van der Waals surface area (Å²) in [6.45, 7) is 2.89. The van der Waals surface area contributed by atoms with Gasteiger partial charge in [0.25, 0.3) is 0 Å². The second-order valence-electron chi connectivity index (χ2n) is 1.73. The highest BCUT2D eigenvalue weighted by atomic mass is 35.5. The van der Waals surface area contributed by atoms with E-state index in [9.17, 15) is 0 Å². The van der Waals surface area contributed by atoms with Crippen molar-refractivity contribution in [1.82, 2.24) is 5.06 Å². The highest BCUT2D eigenvalue weighted by Gasteiger charge is 1.85. The molecule has 52 valence electrons.